The molecular formula is C17H16N2O2. The molecule has 1 amide bonds. The van der Waals surface area contributed by atoms with Crippen LogP contribution in [-0.2, 0) is 6.54 Å². The van der Waals surface area contributed by atoms with Crippen LogP contribution < -0.4 is 5.32 Å². The Morgan fingerprint density at radius 1 is 1.33 bits per heavy atom. The first kappa shape index (κ1) is 14.8. The first-order chi connectivity index (χ1) is 10.2. The minimum absolute atomic E-state index is 0.173. The van der Waals surface area contributed by atoms with Gasteiger partial charge in [-0.2, -0.15) is 0 Å². The van der Waals surface area contributed by atoms with Gasteiger partial charge in [0, 0.05) is 17.3 Å². The predicted molar refractivity (Wildman–Crippen MR) is 80.6 cm³/mol. The molecule has 0 unspecified atom stereocenters. The van der Waals surface area contributed by atoms with Gasteiger partial charge in [-0.25, -0.2) is 0 Å². The number of carbonyl (C=O) groups excluding carboxylic acids is 1. The molecule has 0 fully saturated rings. The maximum absolute atomic E-state index is 12.1. The van der Waals surface area contributed by atoms with Gasteiger partial charge in [0.05, 0.1) is 12.2 Å². The number of benzene rings is 1. The fourth-order valence-electron chi connectivity index (χ4n) is 1.81. The summed E-state index contributed by atoms with van der Waals surface area (Å²) in [5, 5.41) is 11.6. The van der Waals surface area contributed by atoms with Gasteiger partial charge in [0.1, 0.15) is 6.61 Å². The summed E-state index contributed by atoms with van der Waals surface area (Å²) in [7, 11) is 0. The molecule has 0 atom stereocenters. The Morgan fingerprint density at radius 3 is 2.90 bits per heavy atom. The van der Waals surface area contributed by atoms with Gasteiger partial charge in [-0.15, -0.1) is 0 Å². The molecule has 2 rings (SSSR count). The third-order valence-electron chi connectivity index (χ3n) is 2.96. The molecule has 106 valence electrons. The first-order valence-electron chi connectivity index (χ1n) is 6.59. The number of hydrogen-bond acceptors (Lipinski definition) is 3. The van der Waals surface area contributed by atoms with Gasteiger partial charge in [0.2, 0.25) is 0 Å². The molecule has 1 aromatic heterocycles. The maximum Gasteiger partial charge on any atom is 0.251 e. The van der Waals surface area contributed by atoms with Crippen molar-refractivity contribution in [3.63, 3.8) is 0 Å². The molecule has 0 aliphatic carbocycles. The number of aryl methyl sites for hydroxylation is 1. The van der Waals surface area contributed by atoms with Crippen LogP contribution in [0.4, 0.5) is 0 Å². The fraction of sp³-hybridized carbons (Fsp3) is 0.176. The molecule has 2 aromatic rings. The van der Waals surface area contributed by atoms with Crippen molar-refractivity contribution in [2.24, 2.45) is 0 Å². The van der Waals surface area contributed by atoms with Gasteiger partial charge in [-0.1, -0.05) is 24.0 Å². The van der Waals surface area contributed by atoms with Crippen molar-refractivity contribution in [1.82, 2.24) is 10.3 Å². The van der Waals surface area contributed by atoms with Gasteiger partial charge in [-0.3, -0.25) is 9.78 Å². The summed E-state index contributed by atoms with van der Waals surface area (Å²) in [5.41, 5.74) is 3.06. The Labute approximate surface area is 123 Å². The molecule has 1 heterocycles. The van der Waals surface area contributed by atoms with E-state index in [1.165, 1.54) is 0 Å². The molecule has 0 aliphatic rings. The Balaban J connectivity index is 2.09. The van der Waals surface area contributed by atoms with Crippen LogP contribution in [0.25, 0.3) is 0 Å². The summed E-state index contributed by atoms with van der Waals surface area (Å²) < 4.78 is 0. The molecule has 0 saturated carbocycles. The van der Waals surface area contributed by atoms with Crippen molar-refractivity contribution in [3.05, 3.63) is 65.0 Å². The van der Waals surface area contributed by atoms with Crippen molar-refractivity contribution >= 4 is 5.91 Å². The minimum atomic E-state index is -0.199. The molecule has 1 aromatic carbocycles. The van der Waals surface area contributed by atoms with Gasteiger partial charge in [0.25, 0.3) is 5.91 Å². The number of nitrogens with one attached hydrogen (secondary N) is 1. The lowest BCUT2D eigenvalue weighted by Gasteiger charge is -2.06. The molecule has 0 spiro atoms. The summed E-state index contributed by atoms with van der Waals surface area (Å²) in [6, 6.07) is 10.9. The lowest BCUT2D eigenvalue weighted by Crippen LogP contribution is -2.23. The van der Waals surface area contributed by atoms with E-state index in [1.807, 2.05) is 31.2 Å². The quantitative estimate of drug-likeness (QED) is 0.841. The van der Waals surface area contributed by atoms with E-state index in [4.69, 9.17) is 5.11 Å². The van der Waals surface area contributed by atoms with Gasteiger partial charge in [0.15, 0.2) is 0 Å². The van der Waals surface area contributed by atoms with Crippen LogP contribution in [0.15, 0.2) is 42.6 Å². The number of aliphatic hydroxyl groups excluding tert-OH is 1. The second-order valence-corrected chi connectivity index (χ2v) is 4.49. The zero-order chi connectivity index (χ0) is 15.1. The van der Waals surface area contributed by atoms with E-state index < -0.39 is 0 Å². The summed E-state index contributed by atoms with van der Waals surface area (Å²) in [6.07, 6.45) is 1.69. The van der Waals surface area contributed by atoms with Crippen LogP contribution in [0.1, 0.15) is 27.2 Å². The molecule has 21 heavy (non-hydrogen) atoms. The van der Waals surface area contributed by atoms with Gasteiger partial charge in [-0.05, 0) is 36.8 Å². The maximum atomic E-state index is 12.1. The highest BCUT2D eigenvalue weighted by molar-refractivity contribution is 5.94. The number of carbonyl (C=O) groups is 1. The van der Waals surface area contributed by atoms with Crippen molar-refractivity contribution in [2.45, 2.75) is 13.5 Å². The SMILES string of the molecule is Cc1ccc(C(=O)NCc2ccccn2)cc1C#CCO. The topological polar surface area (TPSA) is 62.2 Å². The smallest absolute Gasteiger partial charge is 0.251 e. The van der Waals surface area contributed by atoms with Crippen LogP contribution in [0.3, 0.4) is 0 Å². The van der Waals surface area contributed by atoms with Crippen LogP contribution in [-0.4, -0.2) is 22.6 Å². The zero-order valence-electron chi connectivity index (χ0n) is 11.8. The standard InChI is InChI=1S/C17H16N2O2/c1-13-7-8-15(11-14(13)5-4-10-20)17(21)19-12-16-6-2-3-9-18-16/h2-3,6-9,11,20H,10,12H2,1H3,(H,19,21). The molecule has 0 saturated heterocycles. The molecule has 0 aliphatic heterocycles. The minimum Gasteiger partial charge on any atom is -0.384 e. The third kappa shape index (κ3) is 4.16. The Kier molecular flexibility index (Phi) is 5.08. The summed E-state index contributed by atoms with van der Waals surface area (Å²) in [4.78, 5) is 16.3. The number of hydrogen-bond donors (Lipinski definition) is 2. The zero-order valence-corrected chi connectivity index (χ0v) is 11.8. The van der Waals surface area contributed by atoms with E-state index in [1.54, 1.807) is 18.3 Å². The number of rotatable bonds is 3. The highest BCUT2D eigenvalue weighted by Gasteiger charge is 2.07. The van der Waals surface area contributed by atoms with E-state index in [0.717, 1.165) is 16.8 Å². The van der Waals surface area contributed by atoms with E-state index in [2.05, 4.69) is 22.1 Å². The average Bonchev–Trinajstić information content (AvgIpc) is 2.53. The summed E-state index contributed by atoms with van der Waals surface area (Å²) in [6.45, 7) is 2.09. The lowest BCUT2D eigenvalue weighted by molar-refractivity contribution is 0.0950. The number of aromatic nitrogens is 1. The largest absolute Gasteiger partial charge is 0.384 e. The second-order valence-electron chi connectivity index (χ2n) is 4.49. The lowest BCUT2D eigenvalue weighted by atomic mass is 10.0. The van der Waals surface area contributed by atoms with Crippen molar-refractivity contribution in [1.29, 1.82) is 0 Å². The molecule has 0 bridgehead atoms. The second kappa shape index (κ2) is 7.22. The molecule has 4 nitrogen and oxygen atoms in total. The van der Waals surface area contributed by atoms with Crippen LogP contribution in [0.2, 0.25) is 0 Å². The third-order valence-corrected chi connectivity index (χ3v) is 2.96. The molecule has 2 N–H and O–H groups in total. The van der Waals surface area contributed by atoms with Gasteiger partial charge < -0.3 is 10.4 Å². The van der Waals surface area contributed by atoms with Crippen LogP contribution in [0.5, 0.6) is 0 Å². The Morgan fingerprint density at radius 2 is 2.19 bits per heavy atom. The molecule has 0 radical (unpaired) electrons. The number of nitrogens with zero attached hydrogens (tertiary/aromatic N) is 1. The van der Waals surface area contributed by atoms with Gasteiger partial charge >= 0.3 is 0 Å². The normalized spacial score (nSPS) is 9.62. The number of amides is 1. The van der Waals surface area contributed by atoms with Crippen molar-refractivity contribution in [2.75, 3.05) is 6.61 Å². The van der Waals surface area contributed by atoms with E-state index >= 15 is 0 Å². The average molecular weight is 280 g/mol. The highest BCUT2D eigenvalue weighted by atomic mass is 16.2. The number of aliphatic hydroxyl groups is 1. The molecule has 4 heteroatoms. The monoisotopic (exact) mass is 280 g/mol. The van der Waals surface area contributed by atoms with E-state index in [9.17, 15) is 4.79 Å². The Bertz CT molecular complexity index is 685. The van der Waals surface area contributed by atoms with E-state index in [-0.39, 0.29) is 12.5 Å². The first-order valence-corrected chi connectivity index (χ1v) is 6.59. The summed E-state index contributed by atoms with van der Waals surface area (Å²) >= 11 is 0. The Hall–Kier alpha value is -2.64. The fourth-order valence-corrected chi connectivity index (χ4v) is 1.81. The summed E-state index contributed by atoms with van der Waals surface area (Å²) in [5.74, 6) is 5.26. The van der Waals surface area contributed by atoms with Crippen LogP contribution in [0, 0.1) is 18.8 Å². The van der Waals surface area contributed by atoms with Crippen LogP contribution >= 0.6 is 0 Å². The van der Waals surface area contributed by atoms with E-state index in [0.29, 0.717) is 12.1 Å². The number of pyridine rings is 1. The molecular weight excluding hydrogens is 264 g/mol. The van der Waals surface area contributed by atoms with Crippen molar-refractivity contribution in [3.8, 4) is 11.8 Å². The predicted octanol–water partition coefficient (Wildman–Crippen LogP) is 1.66. The van der Waals surface area contributed by atoms with Crippen molar-refractivity contribution < 1.29 is 9.90 Å². The highest BCUT2D eigenvalue weighted by Crippen LogP contribution is 2.10.